The minimum absolute atomic E-state index is 0.269. The van der Waals surface area contributed by atoms with Crippen molar-refractivity contribution < 1.29 is 28.2 Å². The molecule has 8 nitrogen and oxygen atoms in total. The minimum Gasteiger partial charge on any atom is -0.493 e. The summed E-state index contributed by atoms with van der Waals surface area (Å²) in [5.41, 5.74) is 1.53. The molecule has 0 amide bonds. The number of ether oxygens (including phenoxy) is 3. The van der Waals surface area contributed by atoms with Gasteiger partial charge in [-0.25, -0.2) is 4.39 Å². The Hall–Kier alpha value is -3.17. The molecule has 31 heavy (non-hydrogen) atoms. The Kier molecular flexibility index (Phi) is 6.06. The number of aromatic nitrogens is 2. The Morgan fingerprint density at radius 2 is 1.81 bits per heavy atom. The molecule has 9 heteroatoms. The molecular formula is C22H24FN3O5. The van der Waals surface area contributed by atoms with E-state index in [9.17, 15) is 9.50 Å². The molecule has 1 fully saturated rings. The Bertz CT molecular complexity index is 1040. The topological polar surface area (TPSA) is 90.1 Å². The average Bonchev–Trinajstić information content (AvgIpc) is 3.40. The van der Waals surface area contributed by atoms with Crippen LogP contribution in [0.25, 0.3) is 11.4 Å². The highest BCUT2D eigenvalue weighted by molar-refractivity contribution is 5.56. The summed E-state index contributed by atoms with van der Waals surface area (Å²) in [7, 11) is 4.70. The van der Waals surface area contributed by atoms with Crippen LogP contribution >= 0.6 is 0 Å². The molecule has 0 saturated carbocycles. The number of methoxy groups -OCH3 is 3. The van der Waals surface area contributed by atoms with Crippen LogP contribution in [0.4, 0.5) is 4.39 Å². The maximum absolute atomic E-state index is 13.2. The normalized spacial score (nSPS) is 18.9. The van der Waals surface area contributed by atoms with Gasteiger partial charge in [-0.2, -0.15) is 4.98 Å². The highest BCUT2D eigenvalue weighted by Gasteiger charge is 2.36. The van der Waals surface area contributed by atoms with Crippen LogP contribution in [0, 0.1) is 5.82 Å². The highest BCUT2D eigenvalue weighted by Crippen LogP contribution is 2.42. The van der Waals surface area contributed by atoms with Gasteiger partial charge in [0.05, 0.1) is 33.5 Å². The fraction of sp³-hybridized carbons (Fsp3) is 0.364. The van der Waals surface area contributed by atoms with Gasteiger partial charge in [0.2, 0.25) is 17.5 Å². The van der Waals surface area contributed by atoms with Crippen LogP contribution < -0.4 is 14.2 Å². The van der Waals surface area contributed by atoms with E-state index in [0.717, 1.165) is 5.56 Å². The van der Waals surface area contributed by atoms with Crippen molar-refractivity contribution in [3.63, 3.8) is 0 Å². The van der Waals surface area contributed by atoms with Crippen molar-refractivity contribution in [3.05, 3.63) is 53.7 Å². The Morgan fingerprint density at radius 1 is 1.06 bits per heavy atom. The zero-order valence-electron chi connectivity index (χ0n) is 17.5. The summed E-state index contributed by atoms with van der Waals surface area (Å²) >= 11 is 0. The second-order valence-corrected chi connectivity index (χ2v) is 7.29. The zero-order chi connectivity index (χ0) is 22.0. The molecular weight excluding hydrogens is 405 g/mol. The Morgan fingerprint density at radius 3 is 2.48 bits per heavy atom. The van der Waals surface area contributed by atoms with Gasteiger partial charge in [0.1, 0.15) is 5.82 Å². The summed E-state index contributed by atoms with van der Waals surface area (Å²) in [6.45, 7) is 0.913. The lowest BCUT2D eigenvalue weighted by molar-refractivity contribution is 0.168. The first-order valence-electron chi connectivity index (χ1n) is 9.83. The fourth-order valence-corrected chi connectivity index (χ4v) is 3.90. The predicted octanol–water partition coefficient (Wildman–Crippen LogP) is 3.21. The summed E-state index contributed by atoms with van der Waals surface area (Å²) < 4.78 is 35.1. The number of aliphatic hydroxyl groups is 1. The quantitative estimate of drug-likeness (QED) is 0.612. The maximum Gasteiger partial charge on any atom is 0.244 e. The van der Waals surface area contributed by atoms with E-state index >= 15 is 0 Å². The second kappa shape index (κ2) is 8.91. The number of rotatable bonds is 7. The van der Waals surface area contributed by atoms with Crippen molar-refractivity contribution in [2.75, 3.05) is 27.9 Å². The van der Waals surface area contributed by atoms with Crippen LogP contribution in [0.5, 0.6) is 17.2 Å². The highest BCUT2D eigenvalue weighted by atomic mass is 19.1. The number of aliphatic hydroxyl groups excluding tert-OH is 1. The van der Waals surface area contributed by atoms with Gasteiger partial charge in [0, 0.05) is 24.2 Å². The van der Waals surface area contributed by atoms with Gasteiger partial charge in [-0.3, -0.25) is 4.90 Å². The molecule has 3 aromatic rings. The van der Waals surface area contributed by atoms with E-state index in [1.807, 2.05) is 12.1 Å². The van der Waals surface area contributed by atoms with Crippen molar-refractivity contribution in [1.29, 1.82) is 0 Å². The summed E-state index contributed by atoms with van der Waals surface area (Å²) in [4.78, 5) is 6.55. The molecule has 2 unspecified atom stereocenters. The van der Waals surface area contributed by atoms with Crippen molar-refractivity contribution >= 4 is 0 Å². The zero-order valence-corrected chi connectivity index (χ0v) is 17.5. The number of benzene rings is 2. The smallest absolute Gasteiger partial charge is 0.244 e. The van der Waals surface area contributed by atoms with Crippen LogP contribution in [0.1, 0.15) is 23.9 Å². The largest absolute Gasteiger partial charge is 0.493 e. The molecule has 1 saturated heterocycles. The van der Waals surface area contributed by atoms with Crippen LogP contribution in [-0.4, -0.2) is 54.1 Å². The van der Waals surface area contributed by atoms with Gasteiger partial charge in [0.15, 0.2) is 11.5 Å². The van der Waals surface area contributed by atoms with Crippen LogP contribution in [0.3, 0.4) is 0 Å². The van der Waals surface area contributed by atoms with Gasteiger partial charge in [-0.15, -0.1) is 0 Å². The van der Waals surface area contributed by atoms with Crippen molar-refractivity contribution in [1.82, 2.24) is 15.0 Å². The maximum atomic E-state index is 13.2. The monoisotopic (exact) mass is 429 g/mol. The number of likely N-dealkylation sites (tertiary alicyclic amines) is 1. The molecule has 0 spiro atoms. The number of hydrogen-bond acceptors (Lipinski definition) is 8. The molecule has 2 aromatic carbocycles. The fourth-order valence-electron chi connectivity index (χ4n) is 3.90. The Labute approximate surface area is 179 Å². The third-order valence-corrected chi connectivity index (χ3v) is 5.37. The average molecular weight is 429 g/mol. The molecule has 164 valence electrons. The molecule has 0 radical (unpaired) electrons. The molecule has 2 heterocycles. The molecule has 1 aliphatic heterocycles. The molecule has 4 rings (SSSR count). The molecule has 2 atom stereocenters. The molecule has 0 bridgehead atoms. The van der Waals surface area contributed by atoms with Gasteiger partial charge in [-0.1, -0.05) is 11.2 Å². The van der Waals surface area contributed by atoms with E-state index in [1.165, 1.54) is 12.1 Å². The van der Waals surface area contributed by atoms with Gasteiger partial charge >= 0.3 is 0 Å². The minimum atomic E-state index is -0.530. The summed E-state index contributed by atoms with van der Waals surface area (Å²) in [5.74, 6) is 2.09. The van der Waals surface area contributed by atoms with E-state index in [-0.39, 0.29) is 11.9 Å². The standard InChI is InChI=1S/C22H24FN3O5/c1-28-18-9-6-14(19(29-2)20(18)30-3)11-26-12-16(27)10-17(26)22-24-21(25-31-22)13-4-7-15(23)8-5-13/h4-9,16-17,27H,10-12H2,1-3H3. The lowest BCUT2D eigenvalue weighted by Crippen LogP contribution is -2.25. The number of hydrogen-bond donors (Lipinski definition) is 1. The lowest BCUT2D eigenvalue weighted by atomic mass is 10.1. The summed E-state index contributed by atoms with van der Waals surface area (Å²) in [6, 6.07) is 9.34. The van der Waals surface area contributed by atoms with Crippen LogP contribution in [0.15, 0.2) is 40.9 Å². The number of nitrogens with zero attached hydrogens (tertiary/aromatic N) is 3. The molecule has 0 aliphatic carbocycles. The Balaban J connectivity index is 1.60. The predicted molar refractivity (Wildman–Crippen MR) is 110 cm³/mol. The third kappa shape index (κ3) is 4.19. The van der Waals surface area contributed by atoms with Crippen molar-refractivity contribution in [2.45, 2.75) is 25.1 Å². The van der Waals surface area contributed by atoms with Gasteiger partial charge in [0.25, 0.3) is 0 Å². The SMILES string of the molecule is COc1ccc(CN2CC(O)CC2c2nc(-c3ccc(F)cc3)no2)c(OC)c1OC. The van der Waals surface area contributed by atoms with E-state index in [2.05, 4.69) is 15.0 Å². The van der Waals surface area contributed by atoms with E-state index in [4.69, 9.17) is 18.7 Å². The molecule has 1 aromatic heterocycles. The first-order valence-corrected chi connectivity index (χ1v) is 9.83. The summed E-state index contributed by atoms with van der Waals surface area (Å²) in [5, 5.41) is 14.4. The van der Waals surface area contributed by atoms with Crippen LogP contribution in [-0.2, 0) is 6.54 Å². The first-order chi connectivity index (χ1) is 15.0. The summed E-state index contributed by atoms with van der Waals surface area (Å²) in [6.07, 6.45) is -0.0713. The van der Waals surface area contributed by atoms with E-state index in [0.29, 0.717) is 54.0 Å². The van der Waals surface area contributed by atoms with Gasteiger partial charge in [-0.05, 0) is 36.8 Å². The molecule has 1 aliphatic rings. The number of halogens is 1. The van der Waals surface area contributed by atoms with Crippen LogP contribution in [0.2, 0.25) is 0 Å². The van der Waals surface area contributed by atoms with E-state index < -0.39 is 6.10 Å². The molecule has 1 N–H and O–H groups in total. The first kappa shape index (κ1) is 21.1. The van der Waals surface area contributed by atoms with Gasteiger partial charge < -0.3 is 23.8 Å². The third-order valence-electron chi connectivity index (χ3n) is 5.37. The van der Waals surface area contributed by atoms with Crippen molar-refractivity contribution in [3.8, 4) is 28.6 Å². The number of β-amino-alcohol motifs (C(OH)–C–C–N with tert-alkyl or cyclic N) is 1. The lowest BCUT2D eigenvalue weighted by Gasteiger charge is -2.23. The second-order valence-electron chi connectivity index (χ2n) is 7.29. The van der Waals surface area contributed by atoms with E-state index in [1.54, 1.807) is 33.5 Å². The van der Waals surface area contributed by atoms with Crippen molar-refractivity contribution in [2.24, 2.45) is 0 Å².